The average Bonchev–Trinajstić information content (AvgIpc) is 3.23. The normalized spacial score (nSPS) is 11.8. The average molecular weight is 420 g/mol. The fraction of sp³-hybridized carbons (Fsp3) is 0.346. The van der Waals surface area contributed by atoms with Crippen molar-refractivity contribution in [3.05, 3.63) is 89.7 Å². The molecule has 3 rings (SSSR count). The third kappa shape index (κ3) is 6.72. The molecule has 5 nitrogen and oxygen atoms in total. The Morgan fingerprint density at radius 3 is 2.55 bits per heavy atom. The van der Waals surface area contributed by atoms with Crippen LogP contribution < -0.4 is 10.1 Å². The minimum Gasteiger partial charge on any atom is -0.497 e. The van der Waals surface area contributed by atoms with Gasteiger partial charge in [-0.3, -0.25) is 4.79 Å². The maximum atomic E-state index is 13.1. The van der Waals surface area contributed by atoms with Crippen LogP contribution in [0.2, 0.25) is 0 Å². The molecule has 2 aromatic carbocycles. The number of rotatable bonds is 11. The lowest BCUT2D eigenvalue weighted by Gasteiger charge is -2.25. The number of methoxy groups -OCH3 is 1. The summed E-state index contributed by atoms with van der Waals surface area (Å²) in [5.41, 5.74) is 3.40. The molecule has 0 aliphatic rings. The fourth-order valence-corrected chi connectivity index (χ4v) is 3.46. The van der Waals surface area contributed by atoms with Crippen LogP contribution in [0.4, 0.5) is 0 Å². The van der Waals surface area contributed by atoms with Crippen molar-refractivity contribution in [1.29, 1.82) is 0 Å². The zero-order valence-corrected chi connectivity index (χ0v) is 18.8. The van der Waals surface area contributed by atoms with E-state index in [9.17, 15) is 4.79 Å². The number of aromatic nitrogens is 1. The Hall–Kier alpha value is -3.05. The molecule has 0 fully saturated rings. The number of benzene rings is 2. The van der Waals surface area contributed by atoms with E-state index < -0.39 is 0 Å². The second-order valence-corrected chi connectivity index (χ2v) is 7.90. The summed E-state index contributed by atoms with van der Waals surface area (Å²) in [5.74, 6) is 0.960. The van der Waals surface area contributed by atoms with Crippen LogP contribution in [-0.2, 0) is 24.4 Å². The number of nitrogens with zero attached hydrogens (tertiary/aromatic N) is 2. The van der Waals surface area contributed by atoms with Gasteiger partial charge in [-0.25, -0.2) is 0 Å². The monoisotopic (exact) mass is 419 g/mol. The molecule has 1 heterocycles. The van der Waals surface area contributed by atoms with Gasteiger partial charge in [0.2, 0.25) is 5.91 Å². The molecule has 164 valence electrons. The number of amides is 1. The number of hydrogen-bond acceptors (Lipinski definition) is 3. The molecule has 0 bridgehead atoms. The molecule has 0 aliphatic carbocycles. The summed E-state index contributed by atoms with van der Waals surface area (Å²) < 4.78 is 7.55. The minimum absolute atomic E-state index is 0.110. The first kappa shape index (κ1) is 22.6. The Kier molecular flexibility index (Phi) is 8.30. The number of nitrogens with one attached hydrogen (secondary N) is 1. The van der Waals surface area contributed by atoms with Gasteiger partial charge >= 0.3 is 0 Å². The van der Waals surface area contributed by atoms with Crippen molar-refractivity contribution in [2.24, 2.45) is 0 Å². The summed E-state index contributed by atoms with van der Waals surface area (Å²) in [6.45, 7) is 6.46. The first-order chi connectivity index (χ1) is 15.1. The molecular formula is C26H33N3O2. The SMILES string of the molecule is CCC(C)NCC(=O)N(Cc1ccccc1)Cc1cccn1Cc1cccc(OC)c1. The van der Waals surface area contributed by atoms with E-state index in [0.717, 1.165) is 35.5 Å². The van der Waals surface area contributed by atoms with Crippen molar-refractivity contribution in [3.63, 3.8) is 0 Å². The summed E-state index contributed by atoms with van der Waals surface area (Å²) in [6.07, 6.45) is 3.06. The van der Waals surface area contributed by atoms with Crippen LogP contribution in [0.3, 0.4) is 0 Å². The highest BCUT2D eigenvalue weighted by atomic mass is 16.5. The molecule has 0 spiro atoms. The Labute approximate surface area is 185 Å². The van der Waals surface area contributed by atoms with Crippen molar-refractivity contribution in [1.82, 2.24) is 14.8 Å². The van der Waals surface area contributed by atoms with Gasteiger partial charge in [0.05, 0.1) is 20.2 Å². The third-order valence-corrected chi connectivity index (χ3v) is 5.55. The molecule has 0 saturated carbocycles. The first-order valence-corrected chi connectivity index (χ1v) is 10.9. The predicted octanol–water partition coefficient (Wildman–Crippen LogP) is 4.46. The molecule has 1 amide bonds. The van der Waals surface area contributed by atoms with Crippen LogP contribution in [-0.4, -0.2) is 35.1 Å². The van der Waals surface area contributed by atoms with Crippen molar-refractivity contribution in [2.45, 2.75) is 45.9 Å². The number of carbonyl (C=O) groups is 1. The summed E-state index contributed by atoms with van der Waals surface area (Å²) in [7, 11) is 1.68. The Morgan fingerprint density at radius 2 is 1.81 bits per heavy atom. The van der Waals surface area contributed by atoms with E-state index in [1.807, 2.05) is 47.4 Å². The van der Waals surface area contributed by atoms with E-state index in [-0.39, 0.29) is 5.91 Å². The maximum Gasteiger partial charge on any atom is 0.237 e. The molecule has 0 radical (unpaired) electrons. The summed E-state index contributed by atoms with van der Waals surface area (Å²) >= 11 is 0. The molecule has 1 unspecified atom stereocenters. The molecule has 31 heavy (non-hydrogen) atoms. The van der Waals surface area contributed by atoms with E-state index >= 15 is 0 Å². The fourth-order valence-electron chi connectivity index (χ4n) is 3.46. The van der Waals surface area contributed by atoms with E-state index in [4.69, 9.17) is 4.74 Å². The molecule has 5 heteroatoms. The second kappa shape index (κ2) is 11.4. The summed E-state index contributed by atoms with van der Waals surface area (Å²) in [6, 6.07) is 22.7. The summed E-state index contributed by atoms with van der Waals surface area (Å²) in [5, 5.41) is 3.33. The summed E-state index contributed by atoms with van der Waals surface area (Å²) in [4.78, 5) is 15.0. The van der Waals surface area contributed by atoms with Crippen molar-refractivity contribution in [3.8, 4) is 5.75 Å². The lowest BCUT2D eigenvalue weighted by Crippen LogP contribution is -2.40. The van der Waals surface area contributed by atoms with Crippen molar-refractivity contribution in [2.75, 3.05) is 13.7 Å². The van der Waals surface area contributed by atoms with Crippen LogP contribution in [0.15, 0.2) is 72.9 Å². The minimum atomic E-state index is 0.110. The highest BCUT2D eigenvalue weighted by Gasteiger charge is 2.17. The standard InChI is InChI=1S/C26H33N3O2/c1-4-21(2)27-17-26(30)29(18-22-10-6-5-7-11-22)20-24-13-9-15-28(24)19-23-12-8-14-25(16-23)31-3/h5-16,21,27H,4,17-20H2,1-3H3. The second-order valence-electron chi connectivity index (χ2n) is 7.90. The maximum absolute atomic E-state index is 13.1. The van der Waals surface area contributed by atoms with Crippen LogP contribution in [0.1, 0.15) is 37.1 Å². The third-order valence-electron chi connectivity index (χ3n) is 5.55. The van der Waals surface area contributed by atoms with Crippen LogP contribution in [0.5, 0.6) is 5.75 Å². The van der Waals surface area contributed by atoms with Gasteiger partial charge in [-0.1, -0.05) is 49.4 Å². The van der Waals surface area contributed by atoms with Crippen molar-refractivity contribution >= 4 is 5.91 Å². The van der Waals surface area contributed by atoms with Crippen LogP contribution >= 0.6 is 0 Å². The van der Waals surface area contributed by atoms with Gasteiger partial charge in [0.15, 0.2) is 0 Å². The number of ether oxygens (including phenoxy) is 1. The first-order valence-electron chi connectivity index (χ1n) is 10.9. The highest BCUT2D eigenvalue weighted by molar-refractivity contribution is 5.78. The van der Waals surface area contributed by atoms with Gasteiger partial charge in [0, 0.05) is 31.0 Å². The van der Waals surface area contributed by atoms with E-state index in [1.54, 1.807) is 7.11 Å². The van der Waals surface area contributed by atoms with Crippen LogP contribution in [0.25, 0.3) is 0 Å². The van der Waals surface area contributed by atoms with Gasteiger partial charge in [-0.2, -0.15) is 0 Å². The van der Waals surface area contributed by atoms with E-state index in [0.29, 0.717) is 25.7 Å². The zero-order chi connectivity index (χ0) is 22.1. The molecule has 3 aromatic rings. The molecule has 1 atom stereocenters. The zero-order valence-electron chi connectivity index (χ0n) is 18.8. The lowest BCUT2D eigenvalue weighted by atomic mass is 10.2. The van der Waals surface area contributed by atoms with Gasteiger partial charge in [0.25, 0.3) is 0 Å². The Morgan fingerprint density at radius 1 is 1.03 bits per heavy atom. The number of carbonyl (C=O) groups excluding carboxylic acids is 1. The molecule has 1 N–H and O–H groups in total. The van der Waals surface area contributed by atoms with Crippen LogP contribution in [0, 0.1) is 0 Å². The molecule has 0 saturated heterocycles. The van der Waals surface area contributed by atoms with Gasteiger partial charge < -0.3 is 19.5 Å². The van der Waals surface area contributed by atoms with Gasteiger partial charge in [0.1, 0.15) is 5.75 Å². The molecular weight excluding hydrogens is 386 g/mol. The van der Waals surface area contributed by atoms with Gasteiger partial charge in [-0.05, 0) is 48.7 Å². The Bertz CT molecular complexity index is 952. The number of hydrogen-bond donors (Lipinski definition) is 1. The van der Waals surface area contributed by atoms with Crippen molar-refractivity contribution < 1.29 is 9.53 Å². The largest absolute Gasteiger partial charge is 0.497 e. The molecule has 1 aromatic heterocycles. The lowest BCUT2D eigenvalue weighted by molar-refractivity contribution is -0.131. The van der Waals surface area contributed by atoms with E-state index in [2.05, 4.69) is 54.2 Å². The Balaban J connectivity index is 1.75. The predicted molar refractivity (Wildman–Crippen MR) is 125 cm³/mol. The van der Waals surface area contributed by atoms with E-state index in [1.165, 1.54) is 0 Å². The smallest absolute Gasteiger partial charge is 0.237 e. The topological polar surface area (TPSA) is 46.5 Å². The van der Waals surface area contributed by atoms with Gasteiger partial charge in [-0.15, -0.1) is 0 Å². The quantitative estimate of drug-likeness (QED) is 0.499. The highest BCUT2D eigenvalue weighted by Crippen LogP contribution is 2.17. The molecule has 0 aliphatic heterocycles.